The van der Waals surface area contributed by atoms with Crippen LogP contribution in [0, 0.1) is 5.92 Å². The van der Waals surface area contributed by atoms with Crippen molar-refractivity contribution in [2.75, 3.05) is 6.54 Å². The van der Waals surface area contributed by atoms with Crippen LogP contribution in [-0.4, -0.2) is 41.2 Å². The van der Waals surface area contributed by atoms with Gasteiger partial charge in [-0.15, -0.1) is 0 Å². The zero-order valence-corrected chi connectivity index (χ0v) is 16.0. The van der Waals surface area contributed by atoms with Gasteiger partial charge >= 0.3 is 0 Å². The molecule has 146 valence electrons. The molecule has 3 amide bonds. The van der Waals surface area contributed by atoms with Gasteiger partial charge in [0.2, 0.25) is 11.8 Å². The van der Waals surface area contributed by atoms with Crippen molar-refractivity contribution < 1.29 is 14.4 Å². The number of amides is 3. The summed E-state index contributed by atoms with van der Waals surface area (Å²) in [7, 11) is 0. The molecule has 0 aromatic heterocycles. The average Bonchev–Trinajstić information content (AvgIpc) is 2.95. The highest BCUT2D eigenvalue weighted by molar-refractivity contribution is 6.05. The van der Waals surface area contributed by atoms with Gasteiger partial charge in [-0.2, -0.15) is 0 Å². The average molecular weight is 372 g/mol. The molecule has 27 heavy (non-hydrogen) atoms. The lowest BCUT2D eigenvalue weighted by molar-refractivity contribution is -0.136. The first-order valence-corrected chi connectivity index (χ1v) is 9.59. The number of imide groups is 1. The molecule has 0 aliphatic carbocycles. The molecule has 1 saturated heterocycles. The van der Waals surface area contributed by atoms with E-state index < -0.39 is 6.04 Å². The van der Waals surface area contributed by atoms with Gasteiger partial charge in [0, 0.05) is 31.1 Å². The molecule has 0 spiro atoms. The van der Waals surface area contributed by atoms with Gasteiger partial charge in [-0.05, 0) is 42.5 Å². The van der Waals surface area contributed by atoms with Crippen molar-refractivity contribution in [2.45, 2.75) is 58.3 Å². The van der Waals surface area contributed by atoms with Crippen LogP contribution in [0.15, 0.2) is 18.2 Å². The summed E-state index contributed by atoms with van der Waals surface area (Å²) in [5.41, 5.74) is 8.66. The Kier molecular flexibility index (Phi) is 5.92. The smallest absolute Gasteiger partial charge is 0.255 e. The molecule has 2 atom stereocenters. The van der Waals surface area contributed by atoms with Crippen LogP contribution in [0.1, 0.15) is 54.6 Å². The molecule has 7 heteroatoms. The highest BCUT2D eigenvalue weighted by Crippen LogP contribution is 2.28. The fourth-order valence-electron chi connectivity index (χ4n) is 3.55. The van der Waals surface area contributed by atoms with E-state index >= 15 is 0 Å². The highest BCUT2D eigenvalue weighted by Gasteiger charge is 2.39. The summed E-state index contributed by atoms with van der Waals surface area (Å²) in [6, 6.07) is 5.48. The first-order valence-electron chi connectivity index (χ1n) is 9.59. The molecule has 4 N–H and O–H groups in total. The number of rotatable bonds is 7. The lowest BCUT2D eigenvalue weighted by Gasteiger charge is -2.29. The van der Waals surface area contributed by atoms with Gasteiger partial charge in [-0.25, -0.2) is 0 Å². The van der Waals surface area contributed by atoms with Gasteiger partial charge < -0.3 is 16.0 Å². The van der Waals surface area contributed by atoms with Crippen LogP contribution in [0.4, 0.5) is 0 Å². The van der Waals surface area contributed by atoms with Crippen molar-refractivity contribution in [3.05, 3.63) is 34.9 Å². The van der Waals surface area contributed by atoms with E-state index in [0.29, 0.717) is 31.0 Å². The number of fused-ring (bicyclic) bond motifs is 1. The molecule has 1 aromatic rings. The van der Waals surface area contributed by atoms with Crippen LogP contribution in [-0.2, 0) is 22.7 Å². The summed E-state index contributed by atoms with van der Waals surface area (Å²) in [4.78, 5) is 37.8. The van der Waals surface area contributed by atoms with E-state index in [-0.39, 0.29) is 30.2 Å². The first-order chi connectivity index (χ1) is 12.9. The normalized spacial score (nSPS) is 20.8. The highest BCUT2D eigenvalue weighted by atomic mass is 16.2. The molecule has 1 fully saturated rings. The summed E-state index contributed by atoms with van der Waals surface area (Å²) in [5, 5.41) is 5.70. The molecule has 0 radical (unpaired) electrons. The molecule has 0 bridgehead atoms. The maximum atomic E-state index is 12.8. The second-order valence-electron chi connectivity index (χ2n) is 7.76. The van der Waals surface area contributed by atoms with E-state index in [1.165, 1.54) is 0 Å². The molecule has 0 saturated carbocycles. The third-order valence-electron chi connectivity index (χ3n) is 5.43. The van der Waals surface area contributed by atoms with Crippen LogP contribution < -0.4 is 16.4 Å². The summed E-state index contributed by atoms with van der Waals surface area (Å²) < 4.78 is 0. The number of hydrogen-bond donors (Lipinski definition) is 3. The van der Waals surface area contributed by atoms with Crippen LogP contribution in [0.25, 0.3) is 0 Å². The second kappa shape index (κ2) is 8.19. The molecule has 2 heterocycles. The standard InChI is InChI=1S/C20H28N4O3/c1-12(2)16(21)7-8-22-10-13-3-4-14-11-24(20(27)15(14)9-13)17-5-6-18(25)23-19(17)26/h3-4,9,12,16-17,22H,5-8,10-11,21H2,1-2H3,(H,23,25,26)/t16-,17?/m1/s1. The summed E-state index contributed by atoms with van der Waals surface area (Å²) >= 11 is 0. The van der Waals surface area contributed by atoms with Gasteiger partial charge in [0.25, 0.3) is 5.91 Å². The van der Waals surface area contributed by atoms with E-state index in [0.717, 1.165) is 24.1 Å². The minimum absolute atomic E-state index is 0.136. The maximum Gasteiger partial charge on any atom is 0.255 e. The summed E-state index contributed by atoms with van der Waals surface area (Å²) in [6.45, 7) is 6.14. The monoisotopic (exact) mass is 372 g/mol. The van der Waals surface area contributed by atoms with E-state index in [1.54, 1.807) is 4.90 Å². The third kappa shape index (κ3) is 4.36. The number of carbonyl (C=O) groups is 3. The van der Waals surface area contributed by atoms with Gasteiger partial charge in [0.15, 0.2) is 0 Å². The molecule has 3 rings (SSSR count). The minimum Gasteiger partial charge on any atom is -0.327 e. The number of nitrogens with two attached hydrogens (primary N) is 1. The predicted molar refractivity (Wildman–Crippen MR) is 102 cm³/mol. The Balaban J connectivity index is 1.59. The number of nitrogens with one attached hydrogen (secondary N) is 2. The zero-order chi connectivity index (χ0) is 19.6. The number of hydrogen-bond acceptors (Lipinski definition) is 5. The fourth-order valence-corrected chi connectivity index (χ4v) is 3.55. The van der Waals surface area contributed by atoms with Gasteiger partial charge in [-0.1, -0.05) is 26.0 Å². The zero-order valence-electron chi connectivity index (χ0n) is 16.0. The molecule has 2 aliphatic rings. The van der Waals surface area contributed by atoms with Crippen molar-refractivity contribution in [2.24, 2.45) is 11.7 Å². The van der Waals surface area contributed by atoms with Crippen molar-refractivity contribution >= 4 is 17.7 Å². The number of carbonyl (C=O) groups excluding carboxylic acids is 3. The fraction of sp³-hybridized carbons (Fsp3) is 0.550. The quantitative estimate of drug-likeness (QED) is 0.487. The van der Waals surface area contributed by atoms with Crippen LogP contribution >= 0.6 is 0 Å². The second-order valence-corrected chi connectivity index (χ2v) is 7.76. The largest absolute Gasteiger partial charge is 0.327 e. The summed E-state index contributed by atoms with van der Waals surface area (Å²) in [6.07, 6.45) is 1.56. The Morgan fingerprint density at radius 2 is 2.07 bits per heavy atom. The van der Waals surface area contributed by atoms with Crippen LogP contribution in [0.5, 0.6) is 0 Å². The van der Waals surface area contributed by atoms with Crippen molar-refractivity contribution in [1.82, 2.24) is 15.5 Å². The lowest BCUT2D eigenvalue weighted by atomic mass is 10.0. The first kappa shape index (κ1) is 19.5. The Morgan fingerprint density at radius 3 is 2.78 bits per heavy atom. The topological polar surface area (TPSA) is 105 Å². The lowest BCUT2D eigenvalue weighted by Crippen LogP contribution is -2.52. The van der Waals surface area contributed by atoms with Gasteiger partial charge in [-0.3, -0.25) is 19.7 Å². The Bertz CT molecular complexity index is 747. The Hall–Kier alpha value is -2.25. The number of nitrogens with zero attached hydrogens (tertiary/aromatic N) is 1. The van der Waals surface area contributed by atoms with E-state index in [9.17, 15) is 14.4 Å². The third-order valence-corrected chi connectivity index (χ3v) is 5.43. The Morgan fingerprint density at radius 1 is 1.30 bits per heavy atom. The maximum absolute atomic E-state index is 12.8. The van der Waals surface area contributed by atoms with E-state index in [1.807, 2.05) is 18.2 Å². The molecular weight excluding hydrogens is 344 g/mol. The SMILES string of the molecule is CC(C)[C@H](N)CCNCc1ccc2c(c1)C(=O)N(C1CCC(=O)NC1=O)C2. The predicted octanol–water partition coefficient (Wildman–Crippen LogP) is 0.911. The molecule has 1 aromatic carbocycles. The summed E-state index contributed by atoms with van der Waals surface area (Å²) in [5.74, 6) is -0.326. The number of piperidine rings is 1. The van der Waals surface area contributed by atoms with Crippen molar-refractivity contribution in [3.8, 4) is 0 Å². The molecular formula is C20H28N4O3. The van der Waals surface area contributed by atoms with Crippen molar-refractivity contribution in [1.29, 1.82) is 0 Å². The minimum atomic E-state index is -0.568. The van der Waals surface area contributed by atoms with Crippen molar-refractivity contribution in [3.63, 3.8) is 0 Å². The molecule has 1 unspecified atom stereocenters. The number of benzene rings is 1. The molecule has 2 aliphatic heterocycles. The van der Waals surface area contributed by atoms with Gasteiger partial charge in [0.1, 0.15) is 6.04 Å². The van der Waals surface area contributed by atoms with E-state index in [4.69, 9.17) is 5.73 Å². The van der Waals surface area contributed by atoms with E-state index in [2.05, 4.69) is 24.5 Å². The van der Waals surface area contributed by atoms with Crippen LogP contribution in [0.3, 0.4) is 0 Å². The van der Waals surface area contributed by atoms with Crippen LogP contribution in [0.2, 0.25) is 0 Å². The Labute approximate surface area is 159 Å². The van der Waals surface area contributed by atoms with Gasteiger partial charge in [0.05, 0.1) is 0 Å². The molecule has 7 nitrogen and oxygen atoms in total.